The molecule has 0 atom stereocenters. The highest BCUT2D eigenvalue weighted by molar-refractivity contribution is 5.86. The second-order valence-corrected chi connectivity index (χ2v) is 3.55. The van der Waals surface area contributed by atoms with Crippen LogP contribution in [0, 0.1) is 0 Å². The number of hydrogen-bond donors (Lipinski definition) is 0. The van der Waals surface area contributed by atoms with E-state index in [0.29, 0.717) is 17.1 Å². The van der Waals surface area contributed by atoms with Gasteiger partial charge in [-0.3, -0.25) is 9.59 Å². The molecule has 1 aromatic rings. The highest BCUT2D eigenvalue weighted by Gasteiger charge is 2.13. The molecule has 0 aromatic heterocycles. The largest absolute Gasteiger partial charge is 0.497 e. The number of carbonyl (C=O) groups is 2. The van der Waals surface area contributed by atoms with Crippen molar-refractivity contribution >= 4 is 11.9 Å². The number of esters is 2. The number of hydrogen-bond acceptors (Lipinski definition) is 5. The van der Waals surface area contributed by atoms with Crippen molar-refractivity contribution in [1.29, 1.82) is 0 Å². The van der Waals surface area contributed by atoms with Crippen LogP contribution in [0.4, 0.5) is 0 Å². The maximum atomic E-state index is 11.5. The van der Waals surface area contributed by atoms with Gasteiger partial charge in [0.2, 0.25) is 0 Å². The molecule has 1 rings (SSSR count). The van der Waals surface area contributed by atoms with E-state index in [1.165, 1.54) is 14.2 Å². The first-order chi connectivity index (χ1) is 8.60. The number of rotatable bonds is 5. The lowest BCUT2D eigenvalue weighted by atomic mass is 10.1. The lowest BCUT2D eigenvalue weighted by Gasteiger charge is -2.09. The smallest absolute Gasteiger partial charge is 0.318 e. The number of ether oxygens (including phenoxy) is 3. The van der Waals surface area contributed by atoms with Gasteiger partial charge in [-0.2, -0.15) is 0 Å². The van der Waals surface area contributed by atoms with E-state index in [2.05, 4.69) is 4.74 Å². The van der Waals surface area contributed by atoms with Crippen molar-refractivity contribution in [3.63, 3.8) is 0 Å². The van der Waals surface area contributed by atoms with Gasteiger partial charge in [0.15, 0.2) is 0 Å². The Balaban J connectivity index is 2.81. The zero-order chi connectivity index (χ0) is 13.5. The predicted molar refractivity (Wildman–Crippen MR) is 64.6 cm³/mol. The minimum absolute atomic E-state index is 0.0356. The molecule has 0 unspecified atom stereocenters. The van der Waals surface area contributed by atoms with E-state index in [-0.39, 0.29) is 12.8 Å². The topological polar surface area (TPSA) is 61.8 Å². The molecular weight excluding hydrogens is 236 g/mol. The Morgan fingerprint density at radius 3 is 2.39 bits per heavy atom. The Labute approximate surface area is 106 Å². The van der Waals surface area contributed by atoms with Gasteiger partial charge in [-0.15, -0.1) is 0 Å². The van der Waals surface area contributed by atoms with Crippen LogP contribution in [0.1, 0.15) is 18.9 Å². The minimum Gasteiger partial charge on any atom is -0.497 e. The van der Waals surface area contributed by atoms with E-state index in [4.69, 9.17) is 9.47 Å². The monoisotopic (exact) mass is 252 g/mol. The molecule has 5 nitrogen and oxygen atoms in total. The zero-order valence-corrected chi connectivity index (χ0v) is 10.7. The summed E-state index contributed by atoms with van der Waals surface area (Å²) in [5.74, 6) is 0.0207. The van der Waals surface area contributed by atoms with Crippen molar-refractivity contribution in [2.75, 3.05) is 14.2 Å². The van der Waals surface area contributed by atoms with Gasteiger partial charge in [-0.25, -0.2) is 0 Å². The summed E-state index contributed by atoms with van der Waals surface area (Å²) >= 11 is 0. The molecule has 0 bridgehead atoms. The summed E-state index contributed by atoms with van der Waals surface area (Å²) in [5, 5.41) is 0. The Kier molecular flexibility index (Phi) is 5.17. The molecule has 0 amide bonds. The van der Waals surface area contributed by atoms with Crippen LogP contribution in [-0.2, 0) is 20.7 Å². The third-order valence-corrected chi connectivity index (χ3v) is 2.34. The first kappa shape index (κ1) is 14.0. The molecule has 0 saturated heterocycles. The Morgan fingerprint density at radius 2 is 1.83 bits per heavy atom. The molecule has 0 aliphatic rings. The van der Waals surface area contributed by atoms with Gasteiger partial charge >= 0.3 is 11.9 Å². The van der Waals surface area contributed by atoms with Crippen molar-refractivity contribution < 1.29 is 23.8 Å². The SMILES string of the molecule is CCC(=O)OC(=O)Cc1cc(OC)ccc1OC. The van der Waals surface area contributed by atoms with E-state index in [9.17, 15) is 9.59 Å². The first-order valence-electron chi connectivity index (χ1n) is 5.55. The van der Waals surface area contributed by atoms with E-state index in [0.717, 1.165) is 0 Å². The predicted octanol–water partition coefficient (Wildman–Crippen LogP) is 1.73. The number of methoxy groups -OCH3 is 2. The Hall–Kier alpha value is -2.04. The summed E-state index contributed by atoms with van der Waals surface area (Å²) in [6.45, 7) is 1.63. The molecule has 0 aliphatic carbocycles. The Morgan fingerprint density at radius 1 is 1.11 bits per heavy atom. The van der Waals surface area contributed by atoms with E-state index in [1.807, 2.05) is 0 Å². The normalized spacial score (nSPS) is 9.72. The van der Waals surface area contributed by atoms with Gasteiger partial charge in [-0.1, -0.05) is 6.92 Å². The highest BCUT2D eigenvalue weighted by atomic mass is 16.6. The summed E-state index contributed by atoms with van der Waals surface area (Å²) in [4.78, 5) is 22.5. The molecular formula is C13H16O5. The van der Waals surface area contributed by atoms with Crippen LogP contribution in [0.25, 0.3) is 0 Å². The maximum Gasteiger partial charge on any atom is 0.318 e. The van der Waals surface area contributed by atoms with Gasteiger partial charge in [-0.05, 0) is 18.2 Å². The van der Waals surface area contributed by atoms with Gasteiger partial charge < -0.3 is 14.2 Å². The molecule has 1 aromatic carbocycles. The third kappa shape index (κ3) is 3.76. The minimum atomic E-state index is -0.603. The Bertz CT molecular complexity index is 439. The fourth-order valence-electron chi connectivity index (χ4n) is 1.41. The maximum absolute atomic E-state index is 11.5. The van der Waals surface area contributed by atoms with Crippen molar-refractivity contribution in [2.24, 2.45) is 0 Å². The van der Waals surface area contributed by atoms with Crippen LogP contribution < -0.4 is 9.47 Å². The highest BCUT2D eigenvalue weighted by Crippen LogP contribution is 2.24. The summed E-state index contributed by atoms with van der Waals surface area (Å²) in [6.07, 6.45) is 0.132. The molecule has 18 heavy (non-hydrogen) atoms. The average molecular weight is 252 g/mol. The average Bonchev–Trinajstić information content (AvgIpc) is 2.38. The molecule has 5 heteroatoms. The quantitative estimate of drug-likeness (QED) is 0.590. The van der Waals surface area contributed by atoms with Crippen molar-refractivity contribution in [3.05, 3.63) is 23.8 Å². The van der Waals surface area contributed by atoms with Crippen LogP contribution in [0.3, 0.4) is 0 Å². The van der Waals surface area contributed by atoms with Gasteiger partial charge in [0.25, 0.3) is 0 Å². The summed E-state index contributed by atoms with van der Waals surface area (Å²) in [5.41, 5.74) is 0.616. The zero-order valence-electron chi connectivity index (χ0n) is 10.7. The molecule has 0 N–H and O–H groups in total. The first-order valence-corrected chi connectivity index (χ1v) is 5.55. The molecule has 98 valence electrons. The molecule has 0 spiro atoms. The van der Waals surface area contributed by atoms with Gasteiger partial charge in [0.05, 0.1) is 20.6 Å². The van der Waals surface area contributed by atoms with E-state index in [1.54, 1.807) is 25.1 Å². The summed E-state index contributed by atoms with van der Waals surface area (Å²) in [7, 11) is 3.04. The fraction of sp³-hybridized carbons (Fsp3) is 0.385. The van der Waals surface area contributed by atoms with Crippen LogP contribution in [-0.4, -0.2) is 26.2 Å². The lowest BCUT2D eigenvalue weighted by Crippen LogP contribution is -2.14. The summed E-state index contributed by atoms with van der Waals surface area (Å²) < 4.78 is 14.8. The van der Waals surface area contributed by atoms with Crippen molar-refractivity contribution in [2.45, 2.75) is 19.8 Å². The second-order valence-electron chi connectivity index (χ2n) is 3.55. The van der Waals surface area contributed by atoms with Gasteiger partial charge in [0, 0.05) is 12.0 Å². The standard InChI is InChI=1S/C13H16O5/c1-4-12(14)18-13(15)8-9-7-10(16-2)5-6-11(9)17-3/h5-7H,4,8H2,1-3H3. The van der Waals surface area contributed by atoms with E-state index < -0.39 is 11.9 Å². The van der Waals surface area contributed by atoms with E-state index >= 15 is 0 Å². The summed E-state index contributed by atoms with van der Waals surface area (Å²) in [6, 6.07) is 5.10. The van der Waals surface area contributed by atoms with Gasteiger partial charge in [0.1, 0.15) is 11.5 Å². The van der Waals surface area contributed by atoms with Crippen molar-refractivity contribution in [1.82, 2.24) is 0 Å². The number of benzene rings is 1. The van der Waals surface area contributed by atoms with Crippen molar-refractivity contribution in [3.8, 4) is 11.5 Å². The second kappa shape index (κ2) is 6.64. The third-order valence-electron chi connectivity index (χ3n) is 2.34. The molecule has 0 radical (unpaired) electrons. The molecule has 0 heterocycles. The lowest BCUT2D eigenvalue weighted by molar-refractivity contribution is -0.158. The molecule has 0 saturated carbocycles. The van der Waals surface area contributed by atoms with Crippen LogP contribution >= 0.6 is 0 Å². The van der Waals surface area contributed by atoms with Crippen LogP contribution in [0.5, 0.6) is 11.5 Å². The molecule has 0 aliphatic heterocycles. The van der Waals surface area contributed by atoms with Crippen LogP contribution in [0.15, 0.2) is 18.2 Å². The number of carbonyl (C=O) groups excluding carboxylic acids is 2. The molecule has 0 fully saturated rings. The fourth-order valence-corrected chi connectivity index (χ4v) is 1.41. The van der Waals surface area contributed by atoms with Crippen LogP contribution in [0.2, 0.25) is 0 Å².